The van der Waals surface area contributed by atoms with Crippen molar-refractivity contribution in [2.75, 3.05) is 0 Å². The number of rotatable bonds is 7. The summed E-state index contributed by atoms with van der Waals surface area (Å²) in [6.45, 7) is 7.51. The van der Waals surface area contributed by atoms with Crippen LogP contribution in [0.5, 0.6) is 0 Å². The summed E-state index contributed by atoms with van der Waals surface area (Å²) in [5.41, 5.74) is 0.145. The lowest BCUT2D eigenvalue weighted by molar-refractivity contribution is -0.132. The van der Waals surface area contributed by atoms with Crippen LogP contribution in [-0.2, 0) is 13.9 Å². The average Bonchev–Trinajstić information content (AvgIpc) is 2.13. The molecular formula is C10H19O5P. The second-order valence-corrected chi connectivity index (χ2v) is 4.83. The molecule has 0 aromatic heterocycles. The third-order valence-electron chi connectivity index (χ3n) is 2.23. The molecule has 0 aliphatic carbocycles. The zero-order valence-corrected chi connectivity index (χ0v) is 10.6. The van der Waals surface area contributed by atoms with E-state index < -0.39 is 13.8 Å². The van der Waals surface area contributed by atoms with Gasteiger partial charge in [-0.15, -0.1) is 0 Å². The molecule has 0 unspecified atom stereocenters. The summed E-state index contributed by atoms with van der Waals surface area (Å²) in [6, 6.07) is 0. The molecule has 0 rings (SSSR count). The van der Waals surface area contributed by atoms with E-state index >= 15 is 0 Å². The first kappa shape index (κ1) is 15.4. The number of carbonyl (C=O) groups excluding carboxylic acids is 1. The van der Waals surface area contributed by atoms with Crippen molar-refractivity contribution in [1.29, 1.82) is 0 Å². The Morgan fingerprint density at radius 3 is 2.06 bits per heavy atom. The molecule has 0 bridgehead atoms. The highest BCUT2D eigenvalue weighted by atomic mass is 31.2. The number of phosphoric acid groups is 1. The van der Waals surface area contributed by atoms with Crippen LogP contribution in [0.3, 0.4) is 0 Å². The molecule has 0 aliphatic rings. The zero-order chi connectivity index (χ0) is 12.8. The highest BCUT2D eigenvalue weighted by Gasteiger charge is 2.26. The van der Waals surface area contributed by atoms with Crippen molar-refractivity contribution < 1.29 is 23.7 Å². The summed E-state index contributed by atoms with van der Waals surface area (Å²) >= 11 is 0. The predicted octanol–water partition coefficient (Wildman–Crippen LogP) is 2.39. The van der Waals surface area contributed by atoms with Gasteiger partial charge >= 0.3 is 13.8 Å². The smallest absolute Gasteiger partial charge is 0.367 e. The van der Waals surface area contributed by atoms with Gasteiger partial charge in [0.2, 0.25) is 0 Å². The van der Waals surface area contributed by atoms with Crippen LogP contribution < -0.4 is 0 Å². The maximum Gasteiger partial charge on any atom is 0.527 e. The van der Waals surface area contributed by atoms with Gasteiger partial charge in [-0.25, -0.2) is 9.36 Å². The van der Waals surface area contributed by atoms with Crippen LogP contribution in [0.4, 0.5) is 0 Å². The van der Waals surface area contributed by atoms with Crippen molar-refractivity contribution in [3.63, 3.8) is 0 Å². The first-order valence-corrected chi connectivity index (χ1v) is 6.83. The van der Waals surface area contributed by atoms with Crippen molar-refractivity contribution >= 4 is 13.8 Å². The minimum atomic E-state index is -4.76. The van der Waals surface area contributed by atoms with Crippen LogP contribution in [0.15, 0.2) is 12.2 Å². The molecule has 94 valence electrons. The molecule has 0 fully saturated rings. The van der Waals surface area contributed by atoms with Crippen LogP contribution in [0.25, 0.3) is 0 Å². The Balaban J connectivity index is 4.49. The summed E-state index contributed by atoms with van der Waals surface area (Å²) in [4.78, 5) is 28.3. The van der Waals surface area contributed by atoms with Gasteiger partial charge in [0.25, 0.3) is 0 Å². The van der Waals surface area contributed by atoms with Crippen LogP contribution in [-0.4, -0.2) is 15.8 Å². The van der Waals surface area contributed by atoms with E-state index in [1.807, 2.05) is 13.8 Å². The Morgan fingerprint density at radius 2 is 1.75 bits per heavy atom. The van der Waals surface area contributed by atoms with E-state index in [9.17, 15) is 9.36 Å². The summed E-state index contributed by atoms with van der Waals surface area (Å²) in [5.74, 6) is -1.06. The monoisotopic (exact) mass is 250 g/mol. The first-order valence-electron chi connectivity index (χ1n) is 5.30. The molecule has 0 saturated carbocycles. The minimum Gasteiger partial charge on any atom is -0.367 e. The molecule has 16 heavy (non-hydrogen) atoms. The third kappa shape index (κ3) is 6.05. The second-order valence-electron chi connectivity index (χ2n) is 3.67. The van der Waals surface area contributed by atoms with Crippen molar-refractivity contribution in [3.05, 3.63) is 12.2 Å². The van der Waals surface area contributed by atoms with Gasteiger partial charge in [0.15, 0.2) is 0 Å². The van der Waals surface area contributed by atoms with E-state index in [1.165, 1.54) is 0 Å². The summed E-state index contributed by atoms with van der Waals surface area (Å²) < 4.78 is 14.5. The highest BCUT2D eigenvalue weighted by Crippen LogP contribution is 2.38. The number of hydrogen-bond acceptors (Lipinski definition) is 3. The lowest BCUT2D eigenvalue weighted by Gasteiger charge is -2.17. The fraction of sp³-hybridized carbons (Fsp3) is 0.700. The minimum absolute atomic E-state index is 0.0611. The molecule has 0 radical (unpaired) electrons. The number of carbonyl (C=O) groups is 1. The Kier molecular flexibility index (Phi) is 6.56. The van der Waals surface area contributed by atoms with Gasteiger partial charge in [-0.1, -0.05) is 33.3 Å². The van der Waals surface area contributed by atoms with Gasteiger partial charge in [0.1, 0.15) is 0 Å². The SMILES string of the molecule is C=C(C(=O)OP(=O)(O)O)C(CCC)CCC. The second kappa shape index (κ2) is 6.84. The normalized spacial score (nSPS) is 11.6. The van der Waals surface area contributed by atoms with Gasteiger partial charge in [-0.05, 0) is 18.8 Å². The molecule has 0 aliphatic heterocycles. The fourth-order valence-electron chi connectivity index (χ4n) is 1.52. The molecule has 5 nitrogen and oxygen atoms in total. The van der Waals surface area contributed by atoms with Gasteiger partial charge < -0.3 is 4.52 Å². The quantitative estimate of drug-likeness (QED) is 0.535. The van der Waals surface area contributed by atoms with Crippen LogP contribution in [0, 0.1) is 5.92 Å². The molecule has 2 N–H and O–H groups in total. The van der Waals surface area contributed by atoms with Crippen molar-refractivity contribution in [2.45, 2.75) is 39.5 Å². The van der Waals surface area contributed by atoms with Crippen molar-refractivity contribution in [3.8, 4) is 0 Å². The van der Waals surface area contributed by atoms with E-state index in [0.717, 1.165) is 25.7 Å². The Morgan fingerprint density at radius 1 is 1.31 bits per heavy atom. The summed E-state index contributed by atoms with van der Waals surface area (Å²) in [5, 5.41) is 0. The van der Waals surface area contributed by atoms with Crippen molar-refractivity contribution in [2.24, 2.45) is 5.92 Å². The van der Waals surface area contributed by atoms with Crippen LogP contribution in [0.2, 0.25) is 0 Å². The number of phosphoric ester groups is 1. The maximum atomic E-state index is 11.3. The molecule has 0 saturated heterocycles. The van der Waals surface area contributed by atoms with Gasteiger partial charge in [0.05, 0.1) is 0 Å². The molecule has 0 aromatic rings. The first-order chi connectivity index (χ1) is 7.31. The third-order valence-corrected chi connectivity index (χ3v) is 2.63. The summed E-state index contributed by atoms with van der Waals surface area (Å²) in [7, 11) is -4.76. The van der Waals surface area contributed by atoms with E-state index in [0.29, 0.717) is 0 Å². The summed E-state index contributed by atoms with van der Waals surface area (Å²) in [6.07, 6.45) is 3.30. The molecular weight excluding hydrogens is 231 g/mol. The molecule has 0 heterocycles. The van der Waals surface area contributed by atoms with Crippen LogP contribution in [0.1, 0.15) is 39.5 Å². The Hall–Kier alpha value is -0.640. The number of hydrogen-bond donors (Lipinski definition) is 2. The largest absolute Gasteiger partial charge is 0.527 e. The van der Waals surface area contributed by atoms with E-state index in [1.54, 1.807) is 0 Å². The zero-order valence-electron chi connectivity index (χ0n) is 9.68. The molecule has 0 aromatic carbocycles. The standard InChI is InChI=1S/C10H19O5P/c1-4-6-9(7-5-2)8(3)10(11)15-16(12,13)14/h9H,3-7H2,1-2H3,(H2,12,13,14). The Labute approximate surface area is 95.7 Å². The topological polar surface area (TPSA) is 83.8 Å². The van der Waals surface area contributed by atoms with Crippen LogP contribution >= 0.6 is 7.82 Å². The lowest BCUT2D eigenvalue weighted by Crippen LogP contribution is -2.14. The average molecular weight is 250 g/mol. The van der Waals surface area contributed by atoms with E-state index in [4.69, 9.17) is 9.79 Å². The Bertz CT molecular complexity index is 288. The van der Waals surface area contributed by atoms with Gasteiger partial charge in [0, 0.05) is 5.57 Å². The highest BCUT2D eigenvalue weighted by molar-refractivity contribution is 7.46. The fourth-order valence-corrected chi connectivity index (χ4v) is 1.86. The molecule has 6 heteroatoms. The maximum absolute atomic E-state index is 11.3. The van der Waals surface area contributed by atoms with Gasteiger partial charge in [-0.3, -0.25) is 9.79 Å². The van der Waals surface area contributed by atoms with Crippen molar-refractivity contribution in [1.82, 2.24) is 0 Å². The lowest BCUT2D eigenvalue weighted by atomic mass is 9.91. The molecule has 0 atom stereocenters. The molecule has 0 amide bonds. The van der Waals surface area contributed by atoms with E-state index in [-0.39, 0.29) is 11.5 Å². The molecule has 0 spiro atoms. The predicted molar refractivity (Wildman–Crippen MR) is 60.6 cm³/mol. The van der Waals surface area contributed by atoms with Gasteiger partial charge in [-0.2, -0.15) is 0 Å². The van der Waals surface area contributed by atoms with E-state index in [2.05, 4.69) is 11.1 Å².